The fourth-order valence-electron chi connectivity index (χ4n) is 2.36. The number of nitrogens with one attached hydrogen (secondary N) is 1. The number of allylic oxidation sites excluding steroid dienone is 1. The molecule has 0 bridgehead atoms. The van der Waals surface area contributed by atoms with Crippen LogP contribution in [0, 0.1) is 6.92 Å². The molecule has 4 nitrogen and oxygen atoms in total. The van der Waals surface area contributed by atoms with Crippen LogP contribution in [0.2, 0.25) is 0 Å². The van der Waals surface area contributed by atoms with Gasteiger partial charge < -0.3 is 4.57 Å². The summed E-state index contributed by atoms with van der Waals surface area (Å²) in [6, 6.07) is 15.2. The number of para-hydroxylation sites is 2. The Bertz CT molecular complexity index is 831. The molecule has 0 radical (unpaired) electrons. The van der Waals surface area contributed by atoms with E-state index in [1.807, 2.05) is 60.0 Å². The first kappa shape index (κ1) is 14.1. The number of aryl methyl sites for hydroxylation is 1. The minimum atomic E-state index is -0.166. The second-order valence-corrected chi connectivity index (χ2v) is 5.14. The molecule has 3 aromatic rings. The standard InChI is InChI=1S/C18H17N3O/c1-3-12-21-16-7-5-4-6-15(16)19-18(21)20-17(22)14-10-8-13(2)9-11-14/h3-11H,1,12H2,2H3,(H,19,20,22). The zero-order chi connectivity index (χ0) is 15.5. The number of benzene rings is 2. The lowest BCUT2D eigenvalue weighted by Crippen LogP contribution is -2.15. The van der Waals surface area contributed by atoms with Gasteiger partial charge in [-0.05, 0) is 31.2 Å². The van der Waals surface area contributed by atoms with Crippen molar-refractivity contribution < 1.29 is 4.79 Å². The predicted molar refractivity (Wildman–Crippen MR) is 89.1 cm³/mol. The Balaban J connectivity index is 1.95. The number of carbonyl (C=O) groups excluding carboxylic acids is 1. The molecule has 1 heterocycles. The number of rotatable bonds is 4. The monoisotopic (exact) mass is 291 g/mol. The van der Waals surface area contributed by atoms with Gasteiger partial charge in [-0.2, -0.15) is 0 Å². The highest BCUT2D eigenvalue weighted by atomic mass is 16.1. The Morgan fingerprint density at radius 1 is 1.23 bits per heavy atom. The summed E-state index contributed by atoms with van der Waals surface area (Å²) in [6.07, 6.45) is 1.79. The summed E-state index contributed by atoms with van der Waals surface area (Å²) in [5.41, 5.74) is 3.56. The van der Waals surface area contributed by atoms with E-state index in [2.05, 4.69) is 16.9 Å². The van der Waals surface area contributed by atoms with E-state index in [0.717, 1.165) is 16.6 Å². The summed E-state index contributed by atoms with van der Waals surface area (Å²) in [5, 5.41) is 2.89. The molecule has 0 fully saturated rings. The van der Waals surface area contributed by atoms with Crippen LogP contribution < -0.4 is 5.32 Å². The van der Waals surface area contributed by atoms with Gasteiger partial charge in [-0.3, -0.25) is 10.1 Å². The molecule has 4 heteroatoms. The number of nitrogens with zero attached hydrogens (tertiary/aromatic N) is 2. The lowest BCUT2D eigenvalue weighted by molar-refractivity contribution is 0.102. The number of anilines is 1. The van der Waals surface area contributed by atoms with Gasteiger partial charge in [0, 0.05) is 12.1 Å². The second kappa shape index (κ2) is 5.85. The first-order valence-corrected chi connectivity index (χ1v) is 7.13. The van der Waals surface area contributed by atoms with Crippen LogP contribution in [0.4, 0.5) is 5.95 Å². The maximum absolute atomic E-state index is 12.4. The molecule has 110 valence electrons. The SMILES string of the molecule is C=CCn1c(NC(=O)c2ccc(C)cc2)nc2ccccc21. The molecule has 0 saturated heterocycles. The lowest BCUT2D eigenvalue weighted by atomic mass is 10.1. The van der Waals surface area contributed by atoms with Gasteiger partial charge in [0.15, 0.2) is 0 Å². The molecular formula is C18H17N3O. The van der Waals surface area contributed by atoms with E-state index < -0.39 is 0 Å². The van der Waals surface area contributed by atoms with Gasteiger partial charge in [0.25, 0.3) is 5.91 Å². The van der Waals surface area contributed by atoms with Crippen LogP contribution in [0.5, 0.6) is 0 Å². The smallest absolute Gasteiger partial charge is 0.257 e. The van der Waals surface area contributed by atoms with Crippen LogP contribution in [0.1, 0.15) is 15.9 Å². The first-order valence-electron chi connectivity index (χ1n) is 7.13. The highest BCUT2D eigenvalue weighted by Gasteiger charge is 2.13. The van der Waals surface area contributed by atoms with Gasteiger partial charge in [-0.15, -0.1) is 6.58 Å². The zero-order valence-corrected chi connectivity index (χ0v) is 12.4. The summed E-state index contributed by atoms with van der Waals surface area (Å²) in [6.45, 7) is 6.35. The Hall–Kier alpha value is -2.88. The maximum Gasteiger partial charge on any atom is 0.257 e. The average Bonchev–Trinajstić information content (AvgIpc) is 2.86. The van der Waals surface area contributed by atoms with Crippen molar-refractivity contribution in [2.45, 2.75) is 13.5 Å². The number of hydrogen-bond donors (Lipinski definition) is 1. The number of hydrogen-bond acceptors (Lipinski definition) is 2. The van der Waals surface area contributed by atoms with E-state index in [1.54, 1.807) is 6.08 Å². The van der Waals surface area contributed by atoms with Gasteiger partial charge in [-0.25, -0.2) is 4.98 Å². The Kier molecular flexibility index (Phi) is 3.74. The zero-order valence-electron chi connectivity index (χ0n) is 12.4. The average molecular weight is 291 g/mol. The van der Waals surface area contributed by atoms with Gasteiger partial charge in [0.1, 0.15) is 0 Å². The normalized spacial score (nSPS) is 10.6. The molecule has 0 aliphatic rings. The molecular weight excluding hydrogens is 274 g/mol. The van der Waals surface area contributed by atoms with E-state index >= 15 is 0 Å². The van der Waals surface area contributed by atoms with E-state index in [0.29, 0.717) is 18.1 Å². The van der Waals surface area contributed by atoms with Gasteiger partial charge in [0.05, 0.1) is 11.0 Å². The van der Waals surface area contributed by atoms with Gasteiger partial charge in [0.2, 0.25) is 5.95 Å². The largest absolute Gasteiger partial charge is 0.306 e. The minimum Gasteiger partial charge on any atom is -0.306 e. The van der Waals surface area contributed by atoms with Crippen molar-refractivity contribution in [2.75, 3.05) is 5.32 Å². The molecule has 22 heavy (non-hydrogen) atoms. The van der Waals surface area contributed by atoms with E-state index in [-0.39, 0.29) is 5.91 Å². The minimum absolute atomic E-state index is 0.166. The molecule has 0 unspecified atom stereocenters. The van der Waals surface area contributed by atoms with Crippen molar-refractivity contribution in [3.8, 4) is 0 Å². The first-order chi connectivity index (χ1) is 10.7. The van der Waals surface area contributed by atoms with E-state index in [9.17, 15) is 4.79 Å². The van der Waals surface area contributed by atoms with Gasteiger partial charge in [-0.1, -0.05) is 35.9 Å². The van der Waals surface area contributed by atoms with Crippen molar-refractivity contribution >= 4 is 22.9 Å². The third-order valence-electron chi connectivity index (χ3n) is 3.51. The fourth-order valence-corrected chi connectivity index (χ4v) is 2.36. The molecule has 1 aromatic heterocycles. The highest BCUT2D eigenvalue weighted by molar-refractivity contribution is 6.04. The van der Waals surface area contributed by atoms with Crippen molar-refractivity contribution in [3.05, 3.63) is 72.3 Å². The van der Waals surface area contributed by atoms with Crippen LogP contribution in [0.3, 0.4) is 0 Å². The Morgan fingerprint density at radius 3 is 2.68 bits per heavy atom. The third kappa shape index (κ3) is 2.63. The fraction of sp³-hybridized carbons (Fsp3) is 0.111. The number of amides is 1. The Labute approximate surface area is 129 Å². The van der Waals surface area contributed by atoms with E-state index in [1.165, 1.54) is 0 Å². The molecule has 1 N–H and O–H groups in total. The van der Waals surface area contributed by atoms with Crippen LogP contribution >= 0.6 is 0 Å². The highest BCUT2D eigenvalue weighted by Crippen LogP contribution is 2.20. The summed E-state index contributed by atoms with van der Waals surface area (Å²) < 4.78 is 1.94. The van der Waals surface area contributed by atoms with Crippen molar-refractivity contribution in [1.82, 2.24) is 9.55 Å². The molecule has 0 spiro atoms. The quantitative estimate of drug-likeness (QED) is 0.743. The molecule has 0 aliphatic carbocycles. The summed E-state index contributed by atoms with van der Waals surface area (Å²) >= 11 is 0. The number of imidazole rings is 1. The van der Waals surface area contributed by atoms with Crippen LogP contribution in [0.15, 0.2) is 61.2 Å². The molecule has 2 aromatic carbocycles. The Morgan fingerprint density at radius 2 is 1.95 bits per heavy atom. The molecule has 0 atom stereocenters. The molecule has 1 amide bonds. The number of carbonyl (C=O) groups is 1. The van der Waals surface area contributed by atoms with Gasteiger partial charge >= 0.3 is 0 Å². The summed E-state index contributed by atoms with van der Waals surface area (Å²) in [7, 11) is 0. The third-order valence-corrected chi connectivity index (χ3v) is 3.51. The van der Waals surface area contributed by atoms with Crippen LogP contribution in [0.25, 0.3) is 11.0 Å². The van der Waals surface area contributed by atoms with Crippen molar-refractivity contribution in [2.24, 2.45) is 0 Å². The number of fused-ring (bicyclic) bond motifs is 1. The van der Waals surface area contributed by atoms with E-state index in [4.69, 9.17) is 0 Å². The summed E-state index contributed by atoms with van der Waals surface area (Å²) in [4.78, 5) is 16.9. The maximum atomic E-state index is 12.4. The van der Waals surface area contributed by atoms with Crippen molar-refractivity contribution in [1.29, 1.82) is 0 Å². The second-order valence-electron chi connectivity index (χ2n) is 5.14. The predicted octanol–water partition coefficient (Wildman–Crippen LogP) is 3.78. The van der Waals surface area contributed by atoms with Crippen LogP contribution in [-0.4, -0.2) is 15.5 Å². The molecule has 3 rings (SSSR count). The van der Waals surface area contributed by atoms with Crippen molar-refractivity contribution in [3.63, 3.8) is 0 Å². The summed E-state index contributed by atoms with van der Waals surface area (Å²) in [5.74, 6) is 0.368. The molecule has 0 aliphatic heterocycles. The topological polar surface area (TPSA) is 46.9 Å². The number of aromatic nitrogens is 2. The van der Waals surface area contributed by atoms with Crippen LogP contribution in [-0.2, 0) is 6.54 Å². The molecule has 0 saturated carbocycles. The lowest BCUT2D eigenvalue weighted by Gasteiger charge is -2.08.